The lowest BCUT2D eigenvalue weighted by atomic mass is 10.1. The summed E-state index contributed by atoms with van der Waals surface area (Å²) < 4.78 is 16.3. The van der Waals surface area contributed by atoms with Crippen molar-refractivity contribution >= 4 is 33.6 Å². The molecule has 1 aliphatic rings. The zero-order valence-electron chi connectivity index (χ0n) is 15.7. The van der Waals surface area contributed by atoms with E-state index in [0.717, 1.165) is 37.9 Å². The van der Waals surface area contributed by atoms with Crippen LogP contribution in [0.5, 0.6) is 0 Å². The fraction of sp³-hybridized carbons (Fsp3) is 0.579. The highest BCUT2D eigenvalue weighted by atomic mass is 79.9. The molecule has 1 fully saturated rings. The summed E-state index contributed by atoms with van der Waals surface area (Å²) in [6.45, 7) is 5.91. The number of nitrogen functional groups attached to an aromatic ring is 1. The van der Waals surface area contributed by atoms with Crippen molar-refractivity contribution in [2.45, 2.75) is 32.7 Å². The third-order valence-electron chi connectivity index (χ3n) is 4.28. The summed E-state index contributed by atoms with van der Waals surface area (Å²) in [5.41, 5.74) is 8.20. The lowest BCUT2D eigenvalue weighted by molar-refractivity contribution is -0.141. The van der Waals surface area contributed by atoms with E-state index in [-0.39, 0.29) is 11.9 Å². The predicted octanol–water partition coefficient (Wildman–Crippen LogP) is 2.75. The Labute approximate surface area is 168 Å². The molecule has 0 radical (unpaired) electrons. The molecule has 0 amide bonds. The molecule has 0 aliphatic carbocycles. The Morgan fingerprint density at radius 3 is 2.48 bits per heavy atom. The van der Waals surface area contributed by atoms with Crippen molar-refractivity contribution in [1.82, 2.24) is 4.90 Å². The van der Waals surface area contributed by atoms with Gasteiger partial charge in [-0.1, -0.05) is 0 Å². The second kappa shape index (κ2) is 11.3. The molecule has 0 atom stereocenters. The molecule has 8 heteroatoms. The number of nitrogens with zero attached hydrogens (tertiary/aromatic N) is 1. The van der Waals surface area contributed by atoms with E-state index >= 15 is 0 Å². The van der Waals surface area contributed by atoms with Gasteiger partial charge < -0.3 is 19.9 Å². The maximum atomic E-state index is 12.3. The predicted molar refractivity (Wildman–Crippen MR) is 105 cm³/mol. The Morgan fingerprint density at radius 1 is 1.15 bits per heavy atom. The highest BCUT2D eigenvalue weighted by Crippen LogP contribution is 2.27. The zero-order chi connectivity index (χ0) is 19.6. The number of rotatable bonds is 9. The number of anilines is 1. The van der Waals surface area contributed by atoms with Gasteiger partial charge in [-0.25, -0.2) is 4.79 Å². The van der Waals surface area contributed by atoms with Crippen LogP contribution in [0, 0.1) is 0 Å². The van der Waals surface area contributed by atoms with Crippen LogP contribution >= 0.6 is 15.9 Å². The van der Waals surface area contributed by atoms with Crippen molar-refractivity contribution in [2.24, 2.45) is 0 Å². The molecule has 2 rings (SSSR count). The fourth-order valence-electron chi connectivity index (χ4n) is 2.77. The number of benzene rings is 1. The Balaban J connectivity index is 1.83. The van der Waals surface area contributed by atoms with Gasteiger partial charge in [-0.3, -0.25) is 9.69 Å². The van der Waals surface area contributed by atoms with Gasteiger partial charge in [0.25, 0.3) is 0 Å². The minimum atomic E-state index is -0.362. The summed E-state index contributed by atoms with van der Waals surface area (Å²) >= 11 is 3.43. The number of hydrogen-bond donors (Lipinski definition) is 1. The smallest absolute Gasteiger partial charge is 0.338 e. The van der Waals surface area contributed by atoms with E-state index in [9.17, 15) is 9.59 Å². The molecular weight excluding hydrogens is 416 g/mol. The number of morpholine rings is 1. The summed E-state index contributed by atoms with van der Waals surface area (Å²) in [4.78, 5) is 25.3. The van der Waals surface area contributed by atoms with Crippen molar-refractivity contribution in [1.29, 1.82) is 0 Å². The number of ether oxygens (including phenoxy) is 3. The number of carbonyl (C=O) groups excluding carboxylic acids is 2. The van der Waals surface area contributed by atoms with E-state index in [2.05, 4.69) is 20.8 Å². The number of nitrogens with two attached hydrogens (primary N) is 1. The van der Waals surface area contributed by atoms with Crippen LogP contribution in [0.15, 0.2) is 16.6 Å². The minimum absolute atomic E-state index is 0.275. The van der Waals surface area contributed by atoms with E-state index in [4.69, 9.17) is 19.9 Å². The maximum absolute atomic E-state index is 12.3. The van der Waals surface area contributed by atoms with Crippen LogP contribution in [0.1, 0.15) is 42.1 Å². The van der Waals surface area contributed by atoms with Crippen molar-refractivity contribution in [3.63, 3.8) is 0 Å². The van der Waals surface area contributed by atoms with E-state index in [1.165, 1.54) is 6.92 Å². The average molecular weight is 443 g/mol. The number of hydrogen-bond acceptors (Lipinski definition) is 7. The lowest BCUT2D eigenvalue weighted by Crippen LogP contribution is -2.35. The van der Waals surface area contributed by atoms with Crippen LogP contribution < -0.4 is 5.73 Å². The Hall–Kier alpha value is -1.64. The normalized spacial score (nSPS) is 14.7. The zero-order valence-corrected chi connectivity index (χ0v) is 17.3. The van der Waals surface area contributed by atoms with Gasteiger partial charge in [-0.15, -0.1) is 0 Å². The monoisotopic (exact) mass is 442 g/mol. The van der Waals surface area contributed by atoms with Gasteiger partial charge in [-0.05, 0) is 52.9 Å². The second-order valence-electron chi connectivity index (χ2n) is 6.46. The number of carbonyl (C=O) groups is 2. The molecule has 2 N–H and O–H groups in total. The summed E-state index contributed by atoms with van der Waals surface area (Å²) in [5.74, 6) is -0.637. The van der Waals surface area contributed by atoms with Crippen LogP contribution in [0.3, 0.4) is 0 Å². The third kappa shape index (κ3) is 7.48. The first kappa shape index (κ1) is 21.7. The fourth-order valence-corrected chi connectivity index (χ4v) is 3.27. The standard InChI is InChI=1S/C19H27BrN2O5/c1-14(23)26-7-3-2-4-8-27-19(24)15-11-16(18(21)17(20)12-15)13-22-5-9-25-10-6-22/h11-12H,2-10,13,21H2,1H3. The van der Waals surface area contributed by atoms with E-state index < -0.39 is 0 Å². The van der Waals surface area contributed by atoms with E-state index in [1.54, 1.807) is 12.1 Å². The second-order valence-corrected chi connectivity index (χ2v) is 7.31. The molecule has 1 heterocycles. The van der Waals surface area contributed by atoms with Gasteiger partial charge in [-0.2, -0.15) is 0 Å². The van der Waals surface area contributed by atoms with Crippen LogP contribution in [0.4, 0.5) is 5.69 Å². The van der Waals surface area contributed by atoms with Gasteiger partial charge in [0.05, 0.1) is 37.7 Å². The summed E-state index contributed by atoms with van der Waals surface area (Å²) in [7, 11) is 0. The van der Waals surface area contributed by atoms with Crippen LogP contribution in [-0.4, -0.2) is 56.4 Å². The molecule has 1 saturated heterocycles. The summed E-state index contributed by atoms with van der Waals surface area (Å²) in [6.07, 6.45) is 2.31. The largest absolute Gasteiger partial charge is 0.466 e. The van der Waals surface area contributed by atoms with Crippen molar-refractivity contribution < 1.29 is 23.8 Å². The molecule has 7 nitrogen and oxygen atoms in total. The van der Waals surface area contributed by atoms with Gasteiger partial charge in [0.2, 0.25) is 0 Å². The van der Waals surface area contributed by atoms with Crippen molar-refractivity contribution in [3.05, 3.63) is 27.7 Å². The molecule has 1 aliphatic heterocycles. The summed E-state index contributed by atoms with van der Waals surface area (Å²) in [6, 6.07) is 3.50. The summed E-state index contributed by atoms with van der Waals surface area (Å²) in [5, 5.41) is 0. The van der Waals surface area contributed by atoms with E-state index in [1.807, 2.05) is 0 Å². The molecular formula is C19H27BrN2O5. The maximum Gasteiger partial charge on any atom is 0.338 e. The molecule has 27 heavy (non-hydrogen) atoms. The molecule has 1 aromatic rings. The van der Waals surface area contributed by atoms with Crippen LogP contribution in [0.2, 0.25) is 0 Å². The highest BCUT2D eigenvalue weighted by Gasteiger charge is 2.17. The SMILES string of the molecule is CC(=O)OCCCCCOC(=O)c1cc(Br)c(N)c(CN2CCOCC2)c1. The highest BCUT2D eigenvalue weighted by molar-refractivity contribution is 9.10. The molecule has 0 saturated carbocycles. The lowest BCUT2D eigenvalue weighted by Gasteiger charge is -2.27. The Bertz CT molecular complexity index is 647. The molecule has 150 valence electrons. The molecule has 0 unspecified atom stereocenters. The number of unbranched alkanes of at least 4 members (excludes halogenated alkanes) is 2. The Morgan fingerprint density at radius 2 is 1.81 bits per heavy atom. The molecule has 0 bridgehead atoms. The Kier molecular flexibility index (Phi) is 9.03. The minimum Gasteiger partial charge on any atom is -0.466 e. The van der Waals surface area contributed by atoms with Crippen LogP contribution in [0.25, 0.3) is 0 Å². The van der Waals surface area contributed by atoms with Crippen LogP contribution in [-0.2, 0) is 25.5 Å². The number of esters is 2. The van der Waals surface area contributed by atoms with E-state index in [0.29, 0.717) is 48.7 Å². The molecule has 0 spiro atoms. The molecule has 0 aromatic heterocycles. The quantitative estimate of drug-likeness (QED) is 0.357. The third-order valence-corrected chi connectivity index (χ3v) is 4.93. The number of halogens is 1. The van der Waals surface area contributed by atoms with Crippen molar-refractivity contribution in [3.8, 4) is 0 Å². The first-order valence-electron chi connectivity index (χ1n) is 9.16. The van der Waals surface area contributed by atoms with Crippen molar-refractivity contribution in [2.75, 3.05) is 45.3 Å². The van der Waals surface area contributed by atoms with Gasteiger partial charge in [0.1, 0.15) is 0 Å². The first-order valence-corrected chi connectivity index (χ1v) is 9.95. The van der Waals surface area contributed by atoms with Gasteiger partial charge in [0.15, 0.2) is 0 Å². The molecule has 1 aromatic carbocycles. The van der Waals surface area contributed by atoms with Gasteiger partial charge in [0, 0.05) is 31.0 Å². The topological polar surface area (TPSA) is 91.1 Å². The first-order chi connectivity index (χ1) is 13.0. The average Bonchev–Trinajstić information content (AvgIpc) is 2.65. The van der Waals surface area contributed by atoms with Gasteiger partial charge >= 0.3 is 11.9 Å².